The second-order valence-corrected chi connectivity index (χ2v) is 7.22. The van der Waals surface area contributed by atoms with Gasteiger partial charge in [0.15, 0.2) is 0 Å². The zero-order valence-electron chi connectivity index (χ0n) is 10.5. The van der Waals surface area contributed by atoms with E-state index in [1.54, 1.807) is 0 Å². The van der Waals surface area contributed by atoms with Crippen molar-refractivity contribution >= 4 is 33.2 Å². The van der Waals surface area contributed by atoms with Gasteiger partial charge in [0.05, 0.1) is 0 Å². The second kappa shape index (κ2) is 5.64. The maximum Gasteiger partial charge on any atom is 0.0390 e. The Morgan fingerprint density at radius 1 is 1.22 bits per heavy atom. The van der Waals surface area contributed by atoms with Crippen molar-refractivity contribution in [2.24, 2.45) is 11.7 Å². The molecule has 0 amide bonds. The van der Waals surface area contributed by atoms with Gasteiger partial charge in [-0.1, -0.05) is 18.2 Å². The van der Waals surface area contributed by atoms with E-state index in [0.717, 1.165) is 12.3 Å². The van der Waals surface area contributed by atoms with Crippen LogP contribution in [0.25, 0.3) is 10.1 Å². The quantitative estimate of drug-likeness (QED) is 0.898. The van der Waals surface area contributed by atoms with Gasteiger partial charge in [-0.2, -0.15) is 11.8 Å². The van der Waals surface area contributed by atoms with E-state index < -0.39 is 0 Å². The third-order valence-corrected chi connectivity index (χ3v) is 5.87. The average Bonchev–Trinajstić information content (AvgIpc) is 2.87. The maximum atomic E-state index is 6.45. The van der Waals surface area contributed by atoms with Crippen LogP contribution < -0.4 is 5.73 Å². The number of hydrogen-bond acceptors (Lipinski definition) is 3. The fourth-order valence-electron chi connectivity index (χ4n) is 2.78. The molecule has 1 fully saturated rings. The number of thiophene rings is 1. The van der Waals surface area contributed by atoms with E-state index in [-0.39, 0.29) is 6.04 Å². The van der Waals surface area contributed by atoms with E-state index in [1.165, 1.54) is 40.0 Å². The van der Waals surface area contributed by atoms with Gasteiger partial charge < -0.3 is 5.73 Å². The van der Waals surface area contributed by atoms with Gasteiger partial charge >= 0.3 is 0 Å². The summed E-state index contributed by atoms with van der Waals surface area (Å²) in [6, 6.07) is 8.93. The van der Waals surface area contributed by atoms with Crippen LogP contribution in [0.2, 0.25) is 0 Å². The van der Waals surface area contributed by atoms with Crippen molar-refractivity contribution < 1.29 is 0 Å². The topological polar surface area (TPSA) is 26.0 Å². The van der Waals surface area contributed by atoms with Gasteiger partial charge in [-0.05, 0) is 59.1 Å². The van der Waals surface area contributed by atoms with Crippen molar-refractivity contribution in [2.45, 2.75) is 25.3 Å². The zero-order chi connectivity index (χ0) is 12.4. The molecule has 1 aromatic carbocycles. The SMILES string of the molecule is NC(CC1CCSCC1)c1cccc2ccsc12. The molecule has 2 heterocycles. The molecule has 1 aliphatic heterocycles. The Kier molecular flexibility index (Phi) is 3.92. The lowest BCUT2D eigenvalue weighted by atomic mass is 9.91. The number of nitrogens with two attached hydrogens (primary N) is 1. The highest BCUT2D eigenvalue weighted by molar-refractivity contribution is 7.99. The molecule has 1 saturated heterocycles. The van der Waals surface area contributed by atoms with Crippen LogP contribution in [-0.4, -0.2) is 11.5 Å². The summed E-state index contributed by atoms with van der Waals surface area (Å²) in [6.45, 7) is 0. The molecule has 1 aliphatic rings. The lowest BCUT2D eigenvalue weighted by Crippen LogP contribution is -2.18. The zero-order valence-corrected chi connectivity index (χ0v) is 12.1. The Bertz CT molecular complexity index is 514. The fourth-order valence-corrected chi connectivity index (χ4v) is 4.96. The third kappa shape index (κ3) is 2.58. The van der Waals surface area contributed by atoms with Crippen LogP contribution in [0.4, 0.5) is 0 Å². The van der Waals surface area contributed by atoms with E-state index in [2.05, 4.69) is 41.4 Å². The van der Waals surface area contributed by atoms with E-state index in [0.29, 0.717) is 0 Å². The first-order chi connectivity index (χ1) is 8.84. The highest BCUT2D eigenvalue weighted by Crippen LogP contribution is 2.34. The van der Waals surface area contributed by atoms with Gasteiger partial charge in [-0.25, -0.2) is 0 Å². The van der Waals surface area contributed by atoms with Gasteiger partial charge in [0, 0.05) is 10.7 Å². The van der Waals surface area contributed by atoms with Crippen LogP contribution in [0.1, 0.15) is 30.9 Å². The molecule has 96 valence electrons. The van der Waals surface area contributed by atoms with Gasteiger partial charge in [0.2, 0.25) is 0 Å². The minimum absolute atomic E-state index is 0.209. The van der Waals surface area contributed by atoms with E-state index in [9.17, 15) is 0 Å². The molecule has 1 nitrogen and oxygen atoms in total. The predicted molar refractivity (Wildman–Crippen MR) is 83.4 cm³/mol. The minimum Gasteiger partial charge on any atom is -0.324 e. The molecule has 3 rings (SSSR count). The molecule has 2 aromatic rings. The first-order valence-electron chi connectivity index (χ1n) is 6.64. The van der Waals surface area contributed by atoms with Crippen LogP contribution >= 0.6 is 23.1 Å². The van der Waals surface area contributed by atoms with Crippen LogP contribution in [0, 0.1) is 5.92 Å². The smallest absolute Gasteiger partial charge is 0.0390 e. The summed E-state index contributed by atoms with van der Waals surface area (Å²) in [6.07, 6.45) is 3.84. The lowest BCUT2D eigenvalue weighted by Gasteiger charge is -2.24. The molecular weight excluding hydrogens is 258 g/mol. The summed E-state index contributed by atoms with van der Waals surface area (Å²) in [4.78, 5) is 0. The summed E-state index contributed by atoms with van der Waals surface area (Å²) in [7, 11) is 0. The Morgan fingerprint density at radius 3 is 2.89 bits per heavy atom. The standard InChI is InChI=1S/C15H19NS2/c16-14(10-11-4-7-17-8-5-11)13-3-1-2-12-6-9-18-15(12)13/h1-3,6,9,11,14H,4-5,7-8,10,16H2. The largest absolute Gasteiger partial charge is 0.324 e. The van der Waals surface area contributed by atoms with Crippen molar-refractivity contribution in [3.05, 3.63) is 35.2 Å². The summed E-state index contributed by atoms with van der Waals surface area (Å²) in [5.74, 6) is 3.47. The third-order valence-electron chi connectivity index (χ3n) is 3.84. The van der Waals surface area contributed by atoms with Crippen molar-refractivity contribution in [1.82, 2.24) is 0 Å². The number of fused-ring (bicyclic) bond motifs is 1. The van der Waals surface area contributed by atoms with Gasteiger partial charge in [-0.3, -0.25) is 0 Å². The Morgan fingerprint density at radius 2 is 2.06 bits per heavy atom. The van der Waals surface area contributed by atoms with Crippen LogP contribution in [0.5, 0.6) is 0 Å². The Labute approximate surface area is 117 Å². The number of thioether (sulfide) groups is 1. The average molecular weight is 277 g/mol. The first-order valence-corrected chi connectivity index (χ1v) is 8.67. The molecular formula is C15H19NS2. The predicted octanol–water partition coefficient (Wildman–Crippen LogP) is 4.43. The maximum absolute atomic E-state index is 6.45. The highest BCUT2D eigenvalue weighted by atomic mass is 32.2. The molecule has 0 saturated carbocycles. The van der Waals surface area contributed by atoms with Gasteiger partial charge in [-0.15, -0.1) is 11.3 Å². The molecule has 1 unspecified atom stereocenters. The van der Waals surface area contributed by atoms with Gasteiger partial charge in [0.25, 0.3) is 0 Å². The number of hydrogen-bond donors (Lipinski definition) is 1. The fraction of sp³-hybridized carbons (Fsp3) is 0.467. The Balaban J connectivity index is 1.78. The Hall–Kier alpha value is -0.510. The van der Waals surface area contributed by atoms with Crippen molar-refractivity contribution in [3.8, 4) is 0 Å². The molecule has 18 heavy (non-hydrogen) atoms. The lowest BCUT2D eigenvalue weighted by molar-refractivity contribution is 0.414. The van der Waals surface area contributed by atoms with Crippen LogP contribution in [0.3, 0.4) is 0 Å². The molecule has 1 aromatic heterocycles. The summed E-state index contributed by atoms with van der Waals surface area (Å²) >= 11 is 3.91. The monoisotopic (exact) mass is 277 g/mol. The summed E-state index contributed by atoms with van der Waals surface area (Å²) in [5, 5.41) is 3.50. The van der Waals surface area contributed by atoms with Crippen molar-refractivity contribution in [1.29, 1.82) is 0 Å². The number of benzene rings is 1. The van der Waals surface area contributed by atoms with Crippen molar-refractivity contribution in [3.63, 3.8) is 0 Å². The van der Waals surface area contributed by atoms with E-state index in [1.807, 2.05) is 11.3 Å². The molecule has 2 N–H and O–H groups in total. The van der Waals surface area contributed by atoms with E-state index >= 15 is 0 Å². The molecule has 3 heteroatoms. The van der Waals surface area contributed by atoms with E-state index in [4.69, 9.17) is 5.73 Å². The summed E-state index contributed by atoms with van der Waals surface area (Å²) < 4.78 is 1.38. The first kappa shape index (κ1) is 12.5. The van der Waals surface area contributed by atoms with Gasteiger partial charge in [0.1, 0.15) is 0 Å². The van der Waals surface area contributed by atoms with Crippen LogP contribution in [0.15, 0.2) is 29.6 Å². The minimum atomic E-state index is 0.209. The normalized spacial score (nSPS) is 19.2. The molecule has 0 bridgehead atoms. The molecule has 0 radical (unpaired) electrons. The summed E-state index contributed by atoms with van der Waals surface area (Å²) in [5.41, 5.74) is 7.80. The molecule has 1 atom stereocenters. The second-order valence-electron chi connectivity index (χ2n) is 5.08. The van der Waals surface area contributed by atoms with Crippen molar-refractivity contribution in [2.75, 3.05) is 11.5 Å². The molecule has 0 aliphatic carbocycles. The number of rotatable bonds is 3. The van der Waals surface area contributed by atoms with Crippen LogP contribution in [-0.2, 0) is 0 Å². The molecule has 0 spiro atoms. The highest BCUT2D eigenvalue weighted by Gasteiger charge is 2.19.